The first-order valence-electron chi connectivity index (χ1n) is 7.71. The van der Waals surface area contributed by atoms with Gasteiger partial charge in [-0.1, -0.05) is 29.8 Å². The number of hydrogen-bond donors (Lipinski definition) is 1. The molecule has 0 amide bonds. The summed E-state index contributed by atoms with van der Waals surface area (Å²) >= 11 is 9.79. The van der Waals surface area contributed by atoms with E-state index in [-0.39, 0.29) is 12.1 Å². The van der Waals surface area contributed by atoms with Gasteiger partial charge in [-0.05, 0) is 41.4 Å². The number of hydrogen-bond acceptors (Lipinski definition) is 3. The van der Waals surface area contributed by atoms with Gasteiger partial charge in [0.15, 0.2) is 0 Å². The predicted molar refractivity (Wildman–Crippen MR) is 100 cm³/mol. The van der Waals surface area contributed by atoms with Crippen LogP contribution in [0.1, 0.15) is 28.9 Å². The Morgan fingerprint density at radius 2 is 1.96 bits per heavy atom. The molecule has 0 radical (unpaired) electrons. The zero-order valence-electron chi connectivity index (χ0n) is 13.9. The van der Waals surface area contributed by atoms with E-state index in [2.05, 4.69) is 31.2 Å². The molecule has 3 rings (SSSR count). The van der Waals surface area contributed by atoms with E-state index in [9.17, 15) is 13.2 Å². The van der Waals surface area contributed by atoms with Gasteiger partial charge in [0.2, 0.25) is 0 Å². The zero-order valence-corrected chi connectivity index (χ0v) is 16.2. The van der Waals surface area contributed by atoms with Crippen molar-refractivity contribution in [1.82, 2.24) is 9.97 Å². The van der Waals surface area contributed by atoms with Crippen LogP contribution >= 0.6 is 27.5 Å². The van der Waals surface area contributed by atoms with E-state index < -0.39 is 17.8 Å². The first-order chi connectivity index (χ1) is 12.3. The lowest BCUT2D eigenvalue weighted by Crippen LogP contribution is -2.07. The number of anilines is 1. The fourth-order valence-electron chi connectivity index (χ4n) is 2.66. The lowest BCUT2D eigenvalue weighted by molar-refractivity contribution is 0.146. The number of halogens is 5. The van der Waals surface area contributed by atoms with Gasteiger partial charge in [-0.3, -0.25) is 0 Å². The topological polar surface area (TPSA) is 37.8 Å². The Kier molecular flexibility index (Phi) is 5.39. The maximum atomic E-state index is 14.2. The van der Waals surface area contributed by atoms with Crippen LogP contribution in [0.5, 0.6) is 0 Å². The van der Waals surface area contributed by atoms with Crippen LogP contribution in [0.2, 0.25) is 5.02 Å². The van der Waals surface area contributed by atoms with Crippen LogP contribution in [0.15, 0.2) is 28.7 Å². The molecule has 0 fully saturated rings. The highest BCUT2D eigenvalue weighted by Gasteiger charge is 2.17. The third-order valence-electron chi connectivity index (χ3n) is 3.96. The van der Waals surface area contributed by atoms with Crippen molar-refractivity contribution in [1.29, 1.82) is 0 Å². The number of nitrogens with one attached hydrogen (secondary N) is 1. The Morgan fingerprint density at radius 3 is 2.65 bits per heavy atom. The Morgan fingerprint density at radius 1 is 1.23 bits per heavy atom. The van der Waals surface area contributed by atoms with E-state index in [1.807, 2.05) is 13.0 Å². The summed E-state index contributed by atoms with van der Waals surface area (Å²) < 4.78 is 40.7. The molecular weight excluding hydrogens is 431 g/mol. The van der Waals surface area contributed by atoms with E-state index in [0.717, 1.165) is 16.1 Å². The van der Waals surface area contributed by atoms with E-state index >= 15 is 0 Å². The summed E-state index contributed by atoms with van der Waals surface area (Å²) in [4.78, 5) is 8.71. The summed E-state index contributed by atoms with van der Waals surface area (Å²) in [6, 6.07) is 5.80. The molecule has 0 unspecified atom stereocenters. The van der Waals surface area contributed by atoms with Crippen molar-refractivity contribution in [2.75, 3.05) is 5.32 Å². The van der Waals surface area contributed by atoms with Gasteiger partial charge in [0.1, 0.15) is 17.5 Å². The monoisotopic (exact) mass is 443 g/mol. The van der Waals surface area contributed by atoms with Gasteiger partial charge in [-0.25, -0.2) is 23.1 Å². The summed E-state index contributed by atoms with van der Waals surface area (Å²) in [5.41, 5.74) is 0.966. The molecule has 1 heterocycles. The van der Waals surface area contributed by atoms with Crippen LogP contribution in [-0.4, -0.2) is 9.97 Å². The second-order valence-electron chi connectivity index (χ2n) is 5.81. The summed E-state index contributed by atoms with van der Waals surface area (Å²) in [7, 11) is 0. The predicted octanol–water partition coefficient (Wildman–Crippen LogP) is 6.35. The van der Waals surface area contributed by atoms with E-state index in [0.29, 0.717) is 27.6 Å². The molecule has 26 heavy (non-hydrogen) atoms. The van der Waals surface area contributed by atoms with Crippen molar-refractivity contribution in [3.63, 3.8) is 0 Å². The highest BCUT2D eigenvalue weighted by atomic mass is 79.9. The molecule has 0 saturated heterocycles. The van der Waals surface area contributed by atoms with Crippen LogP contribution in [0.3, 0.4) is 0 Å². The third-order valence-corrected chi connectivity index (χ3v) is 5.57. The van der Waals surface area contributed by atoms with Gasteiger partial charge in [-0.2, -0.15) is 0 Å². The second kappa shape index (κ2) is 7.40. The van der Waals surface area contributed by atoms with Crippen LogP contribution < -0.4 is 5.32 Å². The van der Waals surface area contributed by atoms with Crippen LogP contribution in [0.4, 0.5) is 19.0 Å². The minimum absolute atomic E-state index is 0.00464. The zero-order chi connectivity index (χ0) is 19.0. The van der Waals surface area contributed by atoms with Crippen LogP contribution in [0, 0.1) is 19.7 Å². The quantitative estimate of drug-likeness (QED) is 0.509. The second-order valence-corrected chi connectivity index (χ2v) is 6.98. The summed E-state index contributed by atoms with van der Waals surface area (Å²) in [6.45, 7) is 3.60. The number of aryl methyl sites for hydroxylation is 2. The van der Waals surface area contributed by atoms with Crippen molar-refractivity contribution in [2.45, 2.75) is 26.8 Å². The Bertz CT molecular complexity index is 995. The van der Waals surface area contributed by atoms with Crippen molar-refractivity contribution in [2.24, 2.45) is 0 Å². The molecule has 8 heteroatoms. The minimum atomic E-state index is -2.86. The highest BCUT2D eigenvalue weighted by Crippen LogP contribution is 2.35. The molecule has 0 aliphatic carbocycles. The summed E-state index contributed by atoms with van der Waals surface area (Å²) in [5, 5.41) is 4.15. The van der Waals surface area contributed by atoms with Gasteiger partial charge in [0.05, 0.1) is 16.1 Å². The standard InChI is InChI=1S/C18H14BrClF3N3/c1-8-6-12-16(14(20)13(8)19)25-9(2)26-18(12)24-7-10-4-3-5-11(15(10)21)17(22)23/h3-6,17H,7H2,1-2H3,(H,24,25,26). The summed E-state index contributed by atoms with van der Waals surface area (Å²) in [6.07, 6.45) is -2.86. The molecule has 3 aromatic rings. The number of benzene rings is 2. The van der Waals surface area contributed by atoms with Crippen molar-refractivity contribution in [3.05, 3.63) is 62.1 Å². The molecule has 2 aromatic carbocycles. The molecule has 0 saturated carbocycles. The average molecular weight is 445 g/mol. The fraction of sp³-hybridized carbons (Fsp3) is 0.222. The number of alkyl halides is 2. The van der Waals surface area contributed by atoms with Crippen molar-refractivity contribution >= 4 is 44.3 Å². The Hall–Kier alpha value is -1.86. The van der Waals surface area contributed by atoms with E-state index in [1.54, 1.807) is 6.92 Å². The van der Waals surface area contributed by atoms with E-state index in [1.165, 1.54) is 12.1 Å². The van der Waals surface area contributed by atoms with Gasteiger partial charge >= 0.3 is 0 Å². The van der Waals surface area contributed by atoms with Crippen LogP contribution in [-0.2, 0) is 6.54 Å². The SMILES string of the molecule is Cc1nc(NCc2cccc(C(F)F)c2F)c2cc(C)c(Br)c(Cl)c2n1. The number of rotatable bonds is 4. The van der Waals surface area contributed by atoms with E-state index in [4.69, 9.17) is 11.6 Å². The number of fused-ring (bicyclic) bond motifs is 1. The Labute approximate surface area is 161 Å². The van der Waals surface area contributed by atoms with Gasteiger partial charge in [0.25, 0.3) is 6.43 Å². The van der Waals surface area contributed by atoms with Crippen LogP contribution in [0.25, 0.3) is 10.9 Å². The maximum Gasteiger partial charge on any atom is 0.266 e. The largest absolute Gasteiger partial charge is 0.365 e. The molecule has 0 atom stereocenters. The molecular formula is C18H14BrClF3N3. The smallest absolute Gasteiger partial charge is 0.266 e. The maximum absolute atomic E-state index is 14.2. The summed E-state index contributed by atoms with van der Waals surface area (Å²) in [5.74, 6) is 0.0355. The van der Waals surface area contributed by atoms with Crippen molar-refractivity contribution in [3.8, 4) is 0 Å². The van der Waals surface area contributed by atoms with Crippen molar-refractivity contribution < 1.29 is 13.2 Å². The molecule has 0 spiro atoms. The highest BCUT2D eigenvalue weighted by molar-refractivity contribution is 9.10. The normalized spacial score (nSPS) is 11.4. The van der Waals surface area contributed by atoms with Gasteiger partial charge in [0, 0.05) is 22.0 Å². The van der Waals surface area contributed by atoms with Gasteiger partial charge in [-0.15, -0.1) is 0 Å². The average Bonchev–Trinajstić information content (AvgIpc) is 2.59. The van der Waals surface area contributed by atoms with Gasteiger partial charge < -0.3 is 5.32 Å². The lowest BCUT2D eigenvalue weighted by Gasteiger charge is -2.13. The molecule has 1 aromatic heterocycles. The third kappa shape index (κ3) is 3.50. The molecule has 0 aliphatic heterocycles. The molecule has 136 valence electrons. The first kappa shape index (κ1) is 18.9. The number of aromatic nitrogens is 2. The lowest BCUT2D eigenvalue weighted by atomic mass is 10.1. The fourth-order valence-corrected chi connectivity index (χ4v) is 3.26. The first-order valence-corrected chi connectivity index (χ1v) is 8.89. The minimum Gasteiger partial charge on any atom is -0.365 e. The molecule has 3 nitrogen and oxygen atoms in total. The number of nitrogens with zero attached hydrogens (tertiary/aromatic N) is 2. The Balaban J connectivity index is 2.01. The molecule has 0 aliphatic rings. The molecule has 0 bridgehead atoms. The molecule has 1 N–H and O–H groups in total.